The fourth-order valence-electron chi connectivity index (χ4n) is 2.27. The highest BCUT2D eigenvalue weighted by molar-refractivity contribution is 5.97. The van der Waals surface area contributed by atoms with E-state index >= 15 is 0 Å². The summed E-state index contributed by atoms with van der Waals surface area (Å²) in [5, 5.41) is 4.44. The lowest BCUT2D eigenvalue weighted by atomic mass is 9.96. The van der Waals surface area contributed by atoms with Crippen molar-refractivity contribution in [1.29, 1.82) is 0 Å². The van der Waals surface area contributed by atoms with Crippen LogP contribution in [0.1, 0.15) is 48.1 Å². The minimum atomic E-state index is 0.174. The van der Waals surface area contributed by atoms with Gasteiger partial charge in [0.2, 0.25) is 0 Å². The second-order valence-electron chi connectivity index (χ2n) is 4.39. The molecule has 0 bridgehead atoms. The predicted molar refractivity (Wildman–Crippen MR) is 62.0 cm³/mol. The molecule has 2 heterocycles. The van der Waals surface area contributed by atoms with Crippen molar-refractivity contribution in [2.45, 2.75) is 39.0 Å². The van der Waals surface area contributed by atoms with Gasteiger partial charge in [0.25, 0.3) is 5.78 Å². The Morgan fingerprint density at radius 2 is 2.29 bits per heavy atom. The Morgan fingerprint density at radius 3 is 3.12 bits per heavy atom. The zero-order valence-corrected chi connectivity index (χ0v) is 9.81. The predicted octanol–water partition coefficient (Wildman–Crippen LogP) is 1.60. The van der Waals surface area contributed by atoms with Gasteiger partial charge in [0, 0.05) is 19.0 Å². The van der Waals surface area contributed by atoms with Gasteiger partial charge in [-0.2, -0.15) is 4.98 Å². The molecule has 0 spiro atoms. The van der Waals surface area contributed by atoms with Crippen LogP contribution in [0.3, 0.4) is 0 Å². The van der Waals surface area contributed by atoms with Crippen molar-refractivity contribution in [1.82, 2.24) is 19.6 Å². The summed E-state index contributed by atoms with van der Waals surface area (Å²) in [5.41, 5.74) is 1.69. The van der Waals surface area contributed by atoms with Crippen molar-refractivity contribution in [3.8, 4) is 0 Å². The van der Waals surface area contributed by atoms with E-state index in [1.54, 1.807) is 10.7 Å². The van der Waals surface area contributed by atoms with Crippen molar-refractivity contribution in [2.75, 3.05) is 0 Å². The van der Waals surface area contributed by atoms with Crippen LogP contribution in [-0.2, 0) is 12.8 Å². The van der Waals surface area contributed by atoms with Gasteiger partial charge in [-0.15, -0.1) is 5.10 Å². The monoisotopic (exact) mass is 230 g/mol. The molecule has 0 atom stereocenters. The molecule has 1 aliphatic rings. The number of hydrogen-bond acceptors (Lipinski definition) is 4. The summed E-state index contributed by atoms with van der Waals surface area (Å²) in [6, 6.07) is 0. The van der Waals surface area contributed by atoms with Crippen molar-refractivity contribution in [3.05, 3.63) is 23.3 Å². The van der Waals surface area contributed by atoms with E-state index in [0.29, 0.717) is 12.2 Å². The summed E-state index contributed by atoms with van der Waals surface area (Å²) in [6.07, 6.45) is 5.92. The Morgan fingerprint density at radius 1 is 1.41 bits per heavy atom. The molecule has 2 aromatic rings. The van der Waals surface area contributed by atoms with Gasteiger partial charge in [-0.1, -0.05) is 6.92 Å². The van der Waals surface area contributed by atoms with Crippen LogP contribution in [0.25, 0.3) is 5.78 Å². The number of carbonyl (C=O) groups is 1. The number of aromatic nitrogens is 4. The van der Waals surface area contributed by atoms with Crippen molar-refractivity contribution in [2.24, 2.45) is 0 Å². The minimum absolute atomic E-state index is 0.174. The molecular formula is C12H14N4O. The van der Waals surface area contributed by atoms with Crippen LogP contribution in [0.4, 0.5) is 0 Å². The van der Waals surface area contributed by atoms with Crippen molar-refractivity contribution < 1.29 is 4.79 Å². The summed E-state index contributed by atoms with van der Waals surface area (Å²) in [5.74, 6) is 1.60. The molecule has 17 heavy (non-hydrogen) atoms. The van der Waals surface area contributed by atoms with Gasteiger partial charge in [-0.05, 0) is 19.3 Å². The van der Waals surface area contributed by atoms with Crippen molar-refractivity contribution >= 4 is 11.6 Å². The third kappa shape index (κ3) is 1.62. The maximum Gasteiger partial charge on any atom is 0.252 e. The maximum atomic E-state index is 11.8. The number of hydrogen-bond donors (Lipinski definition) is 0. The molecule has 1 aliphatic carbocycles. The summed E-state index contributed by atoms with van der Waals surface area (Å²) in [6.45, 7) is 2.10. The molecule has 2 aromatic heterocycles. The first-order chi connectivity index (χ1) is 8.29. The highest BCUT2D eigenvalue weighted by atomic mass is 16.1. The van der Waals surface area contributed by atoms with Gasteiger partial charge >= 0.3 is 0 Å². The average Bonchev–Trinajstić information content (AvgIpc) is 2.73. The Labute approximate surface area is 98.9 Å². The van der Waals surface area contributed by atoms with E-state index in [-0.39, 0.29) is 5.78 Å². The van der Waals surface area contributed by atoms with Gasteiger partial charge in [0.1, 0.15) is 0 Å². The zero-order valence-electron chi connectivity index (χ0n) is 9.81. The molecule has 0 aliphatic heterocycles. The minimum Gasteiger partial charge on any atom is -0.294 e. The number of ketones is 1. The number of Topliss-reactive ketones (excluding diaryl/α,β-unsaturated/α-hetero) is 1. The highest BCUT2D eigenvalue weighted by Crippen LogP contribution is 2.20. The quantitative estimate of drug-likeness (QED) is 0.786. The van der Waals surface area contributed by atoms with E-state index in [1.807, 2.05) is 0 Å². The normalized spacial score (nSPS) is 15.2. The molecule has 0 fully saturated rings. The summed E-state index contributed by atoms with van der Waals surface area (Å²) in [7, 11) is 0. The Hall–Kier alpha value is -1.78. The molecule has 5 heteroatoms. The first kappa shape index (κ1) is 10.4. The molecule has 88 valence electrons. The highest BCUT2D eigenvalue weighted by Gasteiger charge is 2.21. The molecule has 0 aromatic carbocycles. The maximum absolute atomic E-state index is 11.8. The fraction of sp³-hybridized carbons (Fsp3) is 0.500. The SMILES string of the molecule is CCCc1nc2ncc3c(n2n1)CCCC3=O. The second kappa shape index (κ2) is 3.91. The van der Waals surface area contributed by atoms with Gasteiger partial charge in [-0.3, -0.25) is 4.79 Å². The first-order valence-corrected chi connectivity index (χ1v) is 6.06. The van der Waals surface area contributed by atoms with Crippen LogP contribution in [0.15, 0.2) is 6.20 Å². The Balaban J connectivity index is 2.19. The van der Waals surface area contributed by atoms with Crippen LogP contribution < -0.4 is 0 Å². The number of aryl methyl sites for hydroxylation is 2. The Bertz CT molecular complexity index is 587. The van der Waals surface area contributed by atoms with E-state index < -0.39 is 0 Å². The molecule has 3 rings (SSSR count). The standard InChI is InChI=1S/C12H14N4O/c1-2-4-11-14-12-13-7-8-9(16(12)15-11)5-3-6-10(8)17/h7H,2-6H2,1H3. The lowest BCUT2D eigenvalue weighted by molar-refractivity contribution is 0.0970. The molecule has 0 saturated heterocycles. The van der Waals surface area contributed by atoms with Gasteiger partial charge < -0.3 is 0 Å². The van der Waals surface area contributed by atoms with Crippen LogP contribution in [-0.4, -0.2) is 25.4 Å². The topological polar surface area (TPSA) is 60.1 Å². The number of carbonyl (C=O) groups excluding carboxylic acids is 1. The van der Waals surface area contributed by atoms with E-state index in [0.717, 1.165) is 42.8 Å². The molecule has 0 N–H and O–H groups in total. The molecule has 0 amide bonds. The summed E-state index contributed by atoms with van der Waals surface area (Å²) >= 11 is 0. The largest absolute Gasteiger partial charge is 0.294 e. The zero-order chi connectivity index (χ0) is 11.8. The average molecular weight is 230 g/mol. The van der Waals surface area contributed by atoms with E-state index in [2.05, 4.69) is 22.0 Å². The smallest absolute Gasteiger partial charge is 0.252 e. The van der Waals surface area contributed by atoms with Crippen molar-refractivity contribution in [3.63, 3.8) is 0 Å². The molecule has 0 unspecified atom stereocenters. The lowest BCUT2D eigenvalue weighted by Gasteiger charge is -2.13. The molecule has 0 saturated carbocycles. The fourth-order valence-corrected chi connectivity index (χ4v) is 2.27. The third-order valence-corrected chi connectivity index (χ3v) is 3.10. The van der Waals surface area contributed by atoms with Crippen LogP contribution in [0, 0.1) is 0 Å². The first-order valence-electron chi connectivity index (χ1n) is 6.06. The van der Waals surface area contributed by atoms with Gasteiger partial charge in [-0.25, -0.2) is 9.50 Å². The molecule has 0 radical (unpaired) electrons. The third-order valence-electron chi connectivity index (χ3n) is 3.10. The summed E-state index contributed by atoms with van der Waals surface area (Å²) in [4.78, 5) is 20.3. The van der Waals surface area contributed by atoms with E-state index in [1.165, 1.54) is 0 Å². The van der Waals surface area contributed by atoms with Gasteiger partial charge in [0.15, 0.2) is 11.6 Å². The van der Waals surface area contributed by atoms with E-state index in [9.17, 15) is 4.79 Å². The second-order valence-corrected chi connectivity index (χ2v) is 4.39. The lowest BCUT2D eigenvalue weighted by Crippen LogP contribution is -2.16. The number of rotatable bonds is 2. The molecular weight excluding hydrogens is 216 g/mol. The molecule has 5 nitrogen and oxygen atoms in total. The number of nitrogens with zero attached hydrogens (tertiary/aromatic N) is 4. The van der Waals surface area contributed by atoms with Crippen LogP contribution in [0.5, 0.6) is 0 Å². The van der Waals surface area contributed by atoms with Crippen LogP contribution in [0.2, 0.25) is 0 Å². The number of fused-ring (bicyclic) bond motifs is 3. The Kier molecular flexibility index (Phi) is 2.39. The van der Waals surface area contributed by atoms with Crippen LogP contribution >= 0.6 is 0 Å². The summed E-state index contributed by atoms with van der Waals surface area (Å²) < 4.78 is 1.75. The van der Waals surface area contributed by atoms with E-state index in [4.69, 9.17) is 0 Å². The van der Waals surface area contributed by atoms with Gasteiger partial charge in [0.05, 0.1) is 11.3 Å².